The maximum atomic E-state index is 13.2. The predicted molar refractivity (Wildman–Crippen MR) is 62.4 cm³/mol. The number of H-pyrrole nitrogens is 1. The van der Waals surface area contributed by atoms with Crippen LogP contribution in [0.3, 0.4) is 0 Å². The Labute approximate surface area is 102 Å². The normalized spacial score (nSPS) is 10.5. The van der Waals surface area contributed by atoms with Crippen molar-refractivity contribution in [1.29, 1.82) is 0 Å². The lowest BCUT2D eigenvalue weighted by Gasteiger charge is -2.05. The second-order valence-corrected chi connectivity index (χ2v) is 3.74. The van der Waals surface area contributed by atoms with Crippen molar-refractivity contribution < 1.29 is 4.39 Å². The number of hydrogen-bond donors (Lipinski definition) is 2. The average molecular weight is 256 g/mol. The lowest BCUT2D eigenvalue weighted by atomic mass is 10.3. The number of imidazole rings is 1. The first kappa shape index (κ1) is 11.8. The topological polar surface area (TPSA) is 66.5 Å². The molecule has 0 atom stereocenters. The van der Waals surface area contributed by atoms with Gasteiger partial charge in [-0.2, -0.15) is 4.98 Å². The number of anilines is 1. The molecule has 0 aliphatic heterocycles. The van der Waals surface area contributed by atoms with Crippen LogP contribution in [0.4, 0.5) is 10.2 Å². The van der Waals surface area contributed by atoms with Crippen LogP contribution in [0.25, 0.3) is 0 Å². The van der Waals surface area contributed by atoms with Gasteiger partial charge in [-0.1, -0.05) is 0 Å². The van der Waals surface area contributed by atoms with E-state index in [2.05, 4.69) is 25.3 Å². The fourth-order valence-electron chi connectivity index (χ4n) is 1.37. The molecule has 0 aromatic carbocycles. The molecule has 2 N–H and O–H groups in total. The molecule has 2 rings (SSSR count). The third-order valence-electron chi connectivity index (χ3n) is 2.15. The summed E-state index contributed by atoms with van der Waals surface area (Å²) in [5, 5.41) is 2.89. The fourth-order valence-corrected chi connectivity index (χ4v) is 1.50. The number of rotatable bonds is 5. The molecule has 0 aliphatic carbocycles. The summed E-state index contributed by atoms with van der Waals surface area (Å²) in [4.78, 5) is 14.4. The highest BCUT2D eigenvalue weighted by Gasteiger charge is 2.04. The molecule has 0 saturated heterocycles. The van der Waals surface area contributed by atoms with Crippen molar-refractivity contribution in [2.45, 2.75) is 12.8 Å². The highest BCUT2D eigenvalue weighted by Crippen LogP contribution is 2.11. The first-order valence-corrected chi connectivity index (χ1v) is 5.53. The molecule has 0 radical (unpaired) electrons. The van der Waals surface area contributed by atoms with Gasteiger partial charge in [0.1, 0.15) is 5.82 Å². The van der Waals surface area contributed by atoms with E-state index in [1.165, 1.54) is 0 Å². The Morgan fingerprint density at radius 2 is 2.29 bits per heavy atom. The minimum atomic E-state index is -0.507. The first-order chi connectivity index (χ1) is 8.25. The highest BCUT2D eigenvalue weighted by atomic mass is 35.5. The van der Waals surface area contributed by atoms with Crippen molar-refractivity contribution in [2.75, 3.05) is 11.9 Å². The number of halogens is 2. The number of hydrogen-bond acceptors (Lipinski definition) is 4. The van der Waals surface area contributed by atoms with Crippen LogP contribution in [0.1, 0.15) is 12.2 Å². The van der Waals surface area contributed by atoms with Gasteiger partial charge >= 0.3 is 0 Å². The largest absolute Gasteiger partial charge is 0.367 e. The van der Waals surface area contributed by atoms with Crippen molar-refractivity contribution in [3.05, 3.63) is 35.5 Å². The lowest BCUT2D eigenvalue weighted by molar-refractivity contribution is 0.616. The second kappa shape index (κ2) is 5.58. The monoisotopic (exact) mass is 255 g/mol. The summed E-state index contributed by atoms with van der Waals surface area (Å²) < 4.78 is 13.2. The quantitative estimate of drug-likeness (QED) is 0.634. The summed E-state index contributed by atoms with van der Waals surface area (Å²) in [5.41, 5.74) is 0. The molecular formula is C10H11ClFN5. The Morgan fingerprint density at radius 1 is 1.41 bits per heavy atom. The SMILES string of the molecule is Fc1cnc(Cl)nc1NCCCc1ncc[nH]1. The van der Waals surface area contributed by atoms with Gasteiger partial charge in [-0.3, -0.25) is 0 Å². The molecule has 0 spiro atoms. The van der Waals surface area contributed by atoms with Crippen LogP contribution in [0.15, 0.2) is 18.6 Å². The minimum absolute atomic E-state index is 0.0277. The minimum Gasteiger partial charge on any atom is -0.367 e. The summed E-state index contributed by atoms with van der Waals surface area (Å²) in [7, 11) is 0. The highest BCUT2D eigenvalue weighted by molar-refractivity contribution is 6.28. The van der Waals surface area contributed by atoms with Gasteiger partial charge in [0.15, 0.2) is 11.6 Å². The number of nitrogens with one attached hydrogen (secondary N) is 2. The van der Waals surface area contributed by atoms with Gasteiger partial charge in [0, 0.05) is 25.4 Å². The van der Waals surface area contributed by atoms with Crippen molar-refractivity contribution in [2.24, 2.45) is 0 Å². The van der Waals surface area contributed by atoms with Crippen LogP contribution in [0.2, 0.25) is 5.28 Å². The van der Waals surface area contributed by atoms with E-state index in [0.29, 0.717) is 6.54 Å². The Bertz CT molecular complexity index is 474. The molecule has 2 heterocycles. The molecule has 7 heteroatoms. The predicted octanol–water partition coefficient (Wildman–Crippen LogP) is 2.04. The van der Waals surface area contributed by atoms with Gasteiger partial charge in [-0.05, 0) is 18.0 Å². The van der Waals surface area contributed by atoms with E-state index in [4.69, 9.17) is 11.6 Å². The molecule has 5 nitrogen and oxygen atoms in total. The number of aromatic amines is 1. The van der Waals surface area contributed by atoms with E-state index >= 15 is 0 Å². The Morgan fingerprint density at radius 3 is 3.06 bits per heavy atom. The zero-order valence-corrected chi connectivity index (χ0v) is 9.71. The van der Waals surface area contributed by atoms with Crippen LogP contribution in [0, 0.1) is 5.82 Å². The summed E-state index contributed by atoms with van der Waals surface area (Å²) in [5.74, 6) is 0.532. The molecular weight excluding hydrogens is 245 g/mol. The molecule has 90 valence electrons. The van der Waals surface area contributed by atoms with Gasteiger partial charge in [0.05, 0.1) is 6.20 Å². The van der Waals surface area contributed by atoms with Crippen LogP contribution < -0.4 is 5.32 Å². The van der Waals surface area contributed by atoms with Gasteiger partial charge in [-0.15, -0.1) is 0 Å². The molecule has 17 heavy (non-hydrogen) atoms. The van der Waals surface area contributed by atoms with Crippen molar-refractivity contribution in [1.82, 2.24) is 19.9 Å². The zero-order valence-electron chi connectivity index (χ0n) is 8.95. The van der Waals surface area contributed by atoms with Gasteiger partial charge in [0.2, 0.25) is 5.28 Å². The molecule has 0 amide bonds. The molecule has 0 aliphatic rings. The summed E-state index contributed by atoms with van der Waals surface area (Å²) in [6.45, 7) is 0.588. The van der Waals surface area contributed by atoms with E-state index < -0.39 is 5.82 Å². The third kappa shape index (κ3) is 3.39. The molecule has 2 aromatic rings. The van der Waals surface area contributed by atoms with Crippen LogP contribution in [0.5, 0.6) is 0 Å². The van der Waals surface area contributed by atoms with E-state index in [9.17, 15) is 4.39 Å². The van der Waals surface area contributed by atoms with Gasteiger partial charge in [-0.25, -0.2) is 14.4 Å². The summed E-state index contributed by atoms with van der Waals surface area (Å²) >= 11 is 5.57. The maximum Gasteiger partial charge on any atom is 0.224 e. The van der Waals surface area contributed by atoms with E-state index in [1.807, 2.05) is 0 Å². The van der Waals surface area contributed by atoms with E-state index in [0.717, 1.165) is 24.9 Å². The Kier molecular flexibility index (Phi) is 3.87. The lowest BCUT2D eigenvalue weighted by Crippen LogP contribution is -2.07. The number of nitrogens with zero attached hydrogens (tertiary/aromatic N) is 3. The van der Waals surface area contributed by atoms with Gasteiger partial charge in [0.25, 0.3) is 0 Å². The van der Waals surface area contributed by atoms with E-state index in [1.54, 1.807) is 12.4 Å². The summed E-state index contributed by atoms with van der Waals surface area (Å²) in [6, 6.07) is 0. The fraction of sp³-hybridized carbons (Fsp3) is 0.300. The Hall–Kier alpha value is -1.69. The van der Waals surface area contributed by atoms with Crippen molar-refractivity contribution in [3.8, 4) is 0 Å². The smallest absolute Gasteiger partial charge is 0.224 e. The second-order valence-electron chi connectivity index (χ2n) is 3.40. The molecule has 0 bridgehead atoms. The average Bonchev–Trinajstić information content (AvgIpc) is 2.82. The van der Waals surface area contributed by atoms with Crippen LogP contribution >= 0.6 is 11.6 Å². The number of aromatic nitrogens is 4. The summed E-state index contributed by atoms with van der Waals surface area (Å²) in [6.07, 6.45) is 6.12. The number of aryl methyl sites for hydroxylation is 1. The molecule has 0 saturated carbocycles. The van der Waals surface area contributed by atoms with Crippen molar-refractivity contribution >= 4 is 17.4 Å². The molecule has 0 fully saturated rings. The maximum absolute atomic E-state index is 13.2. The first-order valence-electron chi connectivity index (χ1n) is 5.16. The van der Waals surface area contributed by atoms with Crippen LogP contribution in [-0.4, -0.2) is 26.5 Å². The molecule has 2 aromatic heterocycles. The third-order valence-corrected chi connectivity index (χ3v) is 2.33. The van der Waals surface area contributed by atoms with E-state index in [-0.39, 0.29) is 11.1 Å². The zero-order chi connectivity index (χ0) is 12.1. The van der Waals surface area contributed by atoms with Crippen molar-refractivity contribution in [3.63, 3.8) is 0 Å². The standard InChI is InChI=1S/C10H11ClFN5/c11-10-16-6-7(12)9(17-10)15-3-1-2-8-13-4-5-14-8/h4-6H,1-3H2,(H,13,14)(H,15,16,17). The van der Waals surface area contributed by atoms with Gasteiger partial charge < -0.3 is 10.3 Å². The van der Waals surface area contributed by atoms with Crippen LogP contribution in [-0.2, 0) is 6.42 Å². The Balaban J connectivity index is 1.80. The molecule has 0 unspecified atom stereocenters.